The van der Waals surface area contributed by atoms with Gasteiger partial charge in [0.25, 0.3) is 0 Å². The summed E-state index contributed by atoms with van der Waals surface area (Å²) in [6, 6.07) is 0. The molecule has 0 aromatic rings. The summed E-state index contributed by atoms with van der Waals surface area (Å²) in [5.74, 6) is 3.78. The molecule has 4 rings (SSSR count). The van der Waals surface area contributed by atoms with Crippen LogP contribution in [0, 0.1) is 40.4 Å². The first-order chi connectivity index (χ1) is 16.6. The smallest absolute Gasteiger partial charge is 0.0653 e. The Hall–Kier alpha value is -0.0800. The Bertz CT molecular complexity index is 625. The van der Waals surface area contributed by atoms with Crippen LogP contribution in [-0.4, -0.2) is 21.9 Å². The zero-order valence-electron chi connectivity index (χ0n) is 24.6. The van der Waals surface area contributed by atoms with Crippen molar-refractivity contribution in [2.75, 3.05) is 0 Å². The molecule has 2 heteroatoms. The van der Waals surface area contributed by atoms with Crippen LogP contribution in [0.1, 0.15) is 165 Å². The molecule has 0 saturated heterocycles. The number of unbranched alkanes of at least 4 members (excludes halogenated alkanes) is 6. The normalized spacial score (nSPS) is 41.0. The van der Waals surface area contributed by atoms with Crippen LogP contribution in [0.4, 0.5) is 0 Å². The second-order valence-electron chi connectivity index (χ2n) is 14.1. The highest BCUT2D eigenvalue weighted by atomic mass is 16.3. The highest BCUT2D eigenvalue weighted by molar-refractivity contribution is 5.11. The number of hydrogen-bond donors (Lipinski definition) is 2. The van der Waals surface area contributed by atoms with Gasteiger partial charge < -0.3 is 10.2 Å². The molecule has 0 amide bonds. The number of aliphatic hydroxyl groups is 2. The van der Waals surface area contributed by atoms with Gasteiger partial charge in [0, 0.05) is 0 Å². The predicted molar refractivity (Wildman–Crippen MR) is 157 cm³/mol. The number of fused-ring (bicyclic) bond motifs is 5. The van der Waals surface area contributed by atoms with E-state index in [4.69, 9.17) is 0 Å². The lowest BCUT2D eigenvalue weighted by molar-refractivity contribution is -0.144. The Balaban J connectivity index is 0.000000584. The van der Waals surface area contributed by atoms with Crippen LogP contribution in [0.3, 0.4) is 0 Å². The molecule has 36 heavy (non-hydrogen) atoms. The van der Waals surface area contributed by atoms with E-state index in [9.17, 15) is 10.2 Å². The molecular formula is C34H66O2. The Labute approximate surface area is 226 Å². The van der Waals surface area contributed by atoms with E-state index in [0.717, 1.165) is 42.9 Å². The molecule has 2 N–H and O–H groups in total. The summed E-state index contributed by atoms with van der Waals surface area (Å²) in [5, 5.41) is 21.8. The first kappa shape index (κ1) is 32.1. The second kappa shape index (κ2) is 13.8. The van der Waals surface area contributed by atoms with E-state index >= 15 is 0 Å². The molecule has 0 bridgehead atoms. The van der Waals surface area contributed by atoms with Gasteiger partial charge in [-0.05, 0) is 112 Å². The molecule has 0 radical (unpaired) electrons. The molecule has 0 aromatic carbocycles. The van der Waals surface area contributed by atoms with Crippen LogP contribution in [-0.2, 0) is 0 Å². The summed E-state index contributed by atoms with van der Waals surface area (Å²) >= 11 is 0. The summed E-state index contributed by atoms with van der Waals surface area (Å²) in [6.07, 6.45) is 22.8. The van der Waals surface area contributed by atoms with Crippen molar-refractivity contribution >= 4 is 0 Å². The fourth-order valence-corrected chi connectivity index (χ4v) is 9.84. The van der Waals surface area contributed by atoms with E-state index in [-0.39, 0.29) is 13.5 Å². The standard InChI is InChI=1S/C27H48O2.C6H14.CH4/c1-5-6-7-8-15-27(4,29)24-12-11-22-21-10-9-19-18-20(28)13-16-25(19,2)23(21)14-17-26(22,24)3;1-3-5-6-4-2;/h19-24,28-29H,5-18H2,1-4H3;3-6H2,1-2H3;1H4/t19?,20?,21?,22?,23?,24?,25?,26?,27-;;/m0../s1. The molecule has 4 saturated carbocycles. The molecule has 0 aliphatic heterocycles. The van der Waals surface area contributed by atoms with E-state index in [2.05, 4.69) is 41.5 Å². The van der Waals surface area contributed by atoms with E-state index in [0.29, 0.717) is 16.7 Å². The first-order valence-corrected chi connectivity index (χ1v) is 16.0. The molecule has 214 valence electrons. The van der Waals surface area contributed by atoms with Gasteiger partial charge in [-0.25, -0.2) is 0 Å². The van der Waals surface area contributed by atoms with Gasteiger partial charge in [0.05, 0.1) is 11.7 Å². The van der Waals surface area contributed by atoms with E-state index in [1.807, 2.05) is 0 Å². The van der Waals surface area contributed by atoms with Crippen LogP contribution in [0.2, 0.25) is 0 Å². The Morgan fingerprint density at radius 2 is 1.31 bits per heavy atom. The quantitative estimate of drug-likeness (QED) is 0.305. The average molecular weight is 507 g/mol. The Kier molecular flexibility index (Phi) is 12.3. The molecule has 4 fully saturated rings. The maximum absolute atomic E-state index is 11.6. The molecule has 0 heterocycles. The average Bonchev–Trinajstić information content (AvgIpc) is 3.19. The molecule has 4 aliphatic carbocycles. The van der Waals surface area contributed by atoms with Crippen molar-refractivity contribution in [2.24, 2.45) is 40.4 Å². The highest BCUT2D eigenvalue weighted by Gasteiger charge is 2.62. The molecule has 4 aliphatic rings. The third kappa shape index (κ3) is 6.73. The van der Waals surface area contributed by atoms with E-state index < -0.39 is 5.60 Å². The van der Waals surface area contributed by atoms with Gasteiger partial charge in [-0.3, -0.25) is 0 Å². The van der Waals surface area contributed by atoms with Crippen LogP contribution in [0.15, 0.2) is 0 Å². The predicted octanol–water partition coefficient (Wildman–Crippen LogP) is 9.95. The largest absolute Gasteiger partial charge is 0.393 e. The third-order valence-electron chi connectivity index (χ3n) is 11.9. The van der Waals surface area contributed by atoms with Crippen molar-refractivity contribution in [2.45, 2.75) is 176 Å². The Morgan fingerprint density at radius 3 is 1.94 bits per heavy atom. The van der Waals surface area contributed by atoms with Gasteiger partial charge in [0.15, 0.2) is 0 Å². The van der Waals surface area contributed by atoms with Crippen molar-refractivity contribution in [3.8, 4) is 0 Å². The van der Waals surface area contributed by atoms with Crippen LogP contribution >= 0.6 is 0 Å². The van der Waals surface area contributed by atoms with Crippen LogP contribution in [0.5, 0.6) is 0 Å². The SMILES string of the molecule is C.CCCCCC.CCCCCC[C@](C)(O)C1CCC2C3CCC4CC(O)CCC4(C)C3CCC21C. The lowest BCUT2D eigenvalue weighted by Gasteiger charge is -2.61. The number of rotatable bonds is 9. The summed E-state index contributed by atoms with van der Waals surface area (Å²) in [4.78, 5) is 0. The van der Waals surface area contributed by atoms with Crippen LogP contribution in [0.25, 0.3) is 0 Å². The van der Waals surface area contributed by atoms with Crippen molar-refractivity contribution in [3.63, 3.8) is 0 Å². The van der Waals surface area contributed by atoms with Gasteiger partial charge >= 0.3 is 0 Å². The van der Waals surface area contributed by atoms with Gasteiger partial charge in [-0.15, -0.1) is 0 Å². The monoisotopic (exact) mass is 507 g/mol. The zero-order valence-corrected chi connectivity index (χ0v) is 24.6. The van der Waals surface area contributed by atoms with Crippen molar-refractivity contribution in [1.29, 1.82) is 0 Å². The number of aliphatic hydroxyl groups excluding tert-OH is 1. The maximum atomic E-state index is 11.6. The van der Waals surface area contributed by atoms with Crippen molar-refractivity contribution < 1.29 is 10.2 Å². The minimum Gasteiger partial charge on any atom is -0.393 e. The number of hydrogen-bond acceptors (Lipinski definition) is 2. The second-order valence-corrected chi connectivity index (χ2v) is 14.1. The van der Waals surface area contributed by atoms with E-state index in [1.54, 1.807) is 0 Å². The first-order valence-electron chi connectivity index (χ1n) is 16.0. The minimum atomic E-state index is -0.486. The van der Waals surface area contributed by atoms with Gasteiger partial charge in [0.1, 0.15) is 0 Å². The maximum Gasteiger partial charge on any atom is 0.0653 e. The fourth-order valence-electron chi connectivity index (χ4n) is 9.84. The molecule has 9 atom stereocenters. The molecule has 0 spiro atoms. The van der Waals surface area contributed by atoms with Crippen LogP contribution < -0.4 is 0 Å². The Morgan fingerprint density at radius 1 is 0.722 bits per heavy atom. The molecule has 8 unspecified atom stereocenters. The molecule has 2 nitrogen and oxygen atoms in total. The third-order valence-corrected chi connectivity index (χ3v) is 11.9. The molecular weight excluding hydrogens is 440 g/mol. The lowest BCUT2D eigenvalue weighted by Crippen LogP contribution is -2.55. The summed E-state index contributed by atoms with van der Waals surface area (Å²) in [5.41, 5.74) is 0.317. The summed E-state index contributed by atoms with van der Waals surface area (Å²) in [7, 11) is 0. The topological polar surface area (TPSA) is 40.5 Å². The van der Waals surface area contributed by atoms with Gasteiger partial charge in [-0.2, -0.15) is 0 Å². The molecule has 0 aromatic heterocycles. The summed E-state index contributed by atoms with van der Waals surface area (Å²) in [6.45, 7) is 14.0. The zero-order chi connectivity index (χ0) is 25.7. The van der Waals surface area contributed by atoms with Gasteiger partial charge in [0.2, 0.25) is 0 Å². The van der Waals surface area contributed by atoms with Crippen molar-refractivity contribution in [3.05, 3.63) is 0 Å². The summed E-state index contributed by atoms with van der Waals surface area (Å²) < 4.78 is 0. The van der Waals surface area contributed by atoms with E-state index in [1.165, 1.54) is 96.3 Å². The van der Waals surface area contributed by atoms with Gasteiger partial charge in [-0.1, -0.05) is 93.4 Å². The highest BCUT2D eigenvalue weighted by Crippen LogP contribution is 2.68. The minimum absolute atomic E-state index is 0. The lowest BCUT2D eigenvalue weighted by atomic mass is 9.44. The fraction of sp³-hybridized carbons (Fsp3) is 1.00. The van der Waals surface area contributed by atoms with Crippen molar-refractivity contribution in [1.82, 2.24) is 0 Å².